The number of aromatic nitrogens is 4. The summed E-state index contributed by atoms with van der Waals surface area (Å²) in [5.41, 5.74) is 2.46. The first-order valence-electron chi connectivity index (χ1n) is 9.86. The molecule has 26 heavy (non-hydrogen) atoms. The van der Waals surface area contributed by atoms with Gasteiger partial charge in [-0.05, 0) is 56.9 Å². The molecule has 0 aromatic carbocycles. The number of hydrogen-bond donors (Lipinski definition) is 2. The molecule has 3 aliphatic carbocycles. The van der Waals surface area contributed by atoms with Gasteiger partial charge in [0.25, 0.3) is 0 Å². The highest BCUT2D eigenvalue weighted by molar-refractivity contribution is 5.31. The fourth-order valence-corrected chi connectivity index (χ4v) is 4.23. The van der Waals surface area contributed by atoms with Crippen molar-refractivity contribution in [2.75, 3.05) is 11.9 Å². The number of aliphatic hydroxyl groups is 1. The Kier molecular flexibility index (Phi) is 4.11. The standard InChI is InChI=1S/C19H25N5O2/c25-16-8-13(18-23-17(24-26-18)11-5-6-11)7-14(16)10-21-19-20-9-12-3-1-2-4-15(12)22-19/h9,11,13-14,16,25H,1-8,10H2,(H,20,21,22)/t13-,14+,16+/m0/s1. The highest BCUT2D eigenvalue weighted by atomic mass is 16.5. The lowest BCUT2D eigenvalue weighted by Gasteiger charge is -2.17. The van der Waals surface area contributed by atoms with Crippen LogP contribution in [0, 0.1) is 5.92 Å². The summed E-state index contributed by atoms with van der Waals surface area (Å²) in [5.74, 6) is 3.02. The largest absolute Gasteiger partial charge is 0.393 e. The Morgan fingerprint density at radius 3 is 2.88 bits per heavy atom. The zero-order chi connectivity index (χ0) is 17.5. The van der Waals surface area contributed by atoms with Crippen molar-refractivity contribution >= 4 is 5.95 Å². The quantitative estimate of drug-likeness (QED) is 0.851. The summed E-state index contributed by atoms with van der Waals surface area (Å²) >= 11 is 0. The molecule has 0 spiro atoms. The van der Waals surface area contributed by atoms with Crippen LogP contribution in [-0.2, 0) is 12.8 Å². The van der Waals surface area contributed by atoms with Crippen LogP contribution in [0.2, 0.25) is 0 Å². The van der Waals surface area contributed by atoms with Crippen molar-refractivity contribution in [3.05, 3.63) is 29.2 Å². The van der Waals surface area contributed by atoms with Gasteiger partial charge in [-0.25, -0.2) is 9.97 Å². The van der Waals surface area contributed by atoms with Gasteiger partial charge in [0.1, 0.15) is 0 Å². The lowest BCUT2D eigenvalue weighted by molar-refractivity contribution is 0.137. The fourth-order valence-electron chi connectivity index (χ4n) is 4.23. The third-order valence-electron chi connectivity index (χ3n) is 5.99. The Bertz CT molecular complexity index is 788. The van der Waals surface area contributed by atoms with Gasteiger partial charge in [0.2, 0.25) is 11.8 Å². The molecule has 0 unspecified atom stereocenters. The van der Waals surface area contributed by atoms with Gasteiger partial charge >= 0.3 is 0 Å². The average Bonchev–Trinajstić information content (AvgIpc) is 3.28. The van der Waals surface area contributed by atoms with Crippen LogP contribution in [0.5, 0.6) is 0 Å². The van der Waals surface area contributed by atoms with Gasteiger partial charge in [0.15, 0.2) is 5.82 Å². The molecule has 7 nitrogen and oxygen atoms in total. The molecule has 7 heteroatoms. The van der Waals surface area contributed by atoms with Crippen molar-refractivity contribution in [2.45, 2.75) is 69.3 Å². The predicted octanol–water partition coefficient (Wildman–Crippen LogP) is 2.58. The van der Waals surface area contributed by atoms with E-state index in [9.17, 15) is 5.11 Å². The molecule has 2 heterocycles. The maximum Gasteiger partial charge on any atom is 0.229 e. The molecule has 5 rings (SSSR count). The average molecular weight is 355 g/mol. The lowest BCUT2D eigenvalue weighted by atomic mass is 9.98. The van der Waals surface area contributed by atoms with Gasteiger partial charge in [0, 0.05) is 36.2 Å². The number of rotatable bonds is 5. The predicted molar refractivity (Wildman–Crippen MR) is 94.9 cm³/mol. The van der Waals surface area contributed by atoms with Crippen LogP contribution in [0.25, 0.3) is 0 Å². The maximum absolute atomic E-state index is 10.4. The fraction of sp³-hybridized carbons (Fsp3) is 0.684. The van der Waals surface area contributed by atoms with Crippen molar-refractivity contribution in [3.63, 3.8) is 0 Å². The first kappa shape index (κ1) is 16.2. The smallest absolute Gasteiger partial charge is 0.229 e. The summed E-state index contributed by atoms with van der Waals surface area (Å²) in [4.78, 5) is 13.7. The highest BCUT2D eigenvalue weighted by Gasteiger charge is 2.38. The third-order valence-corrected chi connectivity index (χ3v) is 5.99. The minimum Gasteiger partial charge on any atom is -0.393 e. The number of nitrogens with one attached hydrogen (secondary N) is 1. The van der Waals surface area contributed by atoms with E-state index < -0.39 is 0 Å². The van der Waals surface area contributed by atoms with Gasteiger partial charge in [-0.15, -0.1) is 0 Å². The van der Waals surface area contributed by atoms with E-state index >= 15 is 0 Å². The number of nitrogens with zero attached hydrogens (tertiary/aromatic N) is 4. The van der Waals surface area contributed by atoms with Crippen LogP contribution in [0.3, 0.4) is 0 Å². The molecular formula is C19H25N5O2. The molecule has 2 aromatic rings. The molecule has 0 amide bonds. The monoisotopic (exact) mass is 355 g/mol. The Balaban J connectivity index is 1.20. The summed E-state index contributed by atoms with van der Waals surface area (Å²) in [6.45, 7) is 0.667. The van der Waals surface area contributed by atoms with E-state index in [1.165, 1.54) is 36.9 Å². The molecule has 2 saturated carbocycles. The third kappa shape index (κ3) is 3.20. The van der Waals surface area contributed by atoms with Gasteiger partial charge in [-0.3, -0.25) is 0 Å². The van der Waals surface area contributed by atoms with Crippen LogP contribution < -0.4 is 5.32 Å². The van der Waals surface area contributed by atoms with Crippen LogP contribution in [0.4, 0.5) is 5.95 Å². The summed E-state index contributed by atoms with van der Waals surface area (Å²) in [6, 6.07) is 0. The number of aliphatic hydroxyl groups excluding tert-OH is 1. The van der Waals surface area contributed by atoms with Crippen LogP contribution >= 0.6 is 0 Å². The molecule has 0 saturated heterocycles. The zero-order valence-electron chi connectivity index (χ0n) is 14.9. The highest BCUT2D eigenvalue weighted by Crippen LogP contribution is 2.41. The minimum atomic E-state index is -0.360. The maximum atomic E-state index is 10.4. The molecule has 3 aliphatic rings. The Labute approximate surface area is 152 Å². The molecular weight excluding hydrogens is 330 g/mol. The summed E-state index contributed by atoms with van der Waals surface area (Å²) < 4.78 is 5.45. The topological polar surface area (TPSA) is 97.0 Å². The molecule has 138 valence electrons. The van der Waals surface area contributed by atoms with Crippen molar-refractivity contribution in [1.29, 1.82) is 0 Å². The van der Waals surface area contributed by atoms with Crippen molar-refractivity contribution < 1.29 is 9.63 Å². The lowest BCUT2D eigenvalue weighted by Crippen LogP contribution is -2.23. The van der Waals surface area contributed by atoms with Gasteiger partial charge < -0.3 is 14.9 Å². The first-order valence-corrected chi connectivity index (χ1v) is 9.86. The van der Waals surface area contributed by atoms with Crippen molar-refractivity contribution in [2.24, 2.45) is 5.92 Å². The second-order valence-electron chi connectivity index (χ2n) is 8.01. The molecule has 2 N–H and O–H groups in total. The van der Waals surface area contributed by atoms with E-state index in [1.54, 1.807) is 0 Å². The van der Waals surface area contributed by atoms with Gasteiger partial charge in [-0.1, -0.05) is 5.16 Å². The Morgan fingerprint density at radius 1 is 1.12 bits per heavy atom. The SMILES string of the molecule is O[C@@H]1C[C@@H](c2nc(C3CC3)no2)C[C@@H]1CNc1ncc2c(n1)CCCC2. The zero-order valence-corrected chi connectivity index (χ0v) is 14.9. The van der Waals surface area contributed by atoms with Crippen LogP contribution in [0.1, 0.15) is 73.3 Å². The molecule has 3 atom stereocenters. The van der Waals surface area contributed by atoms with Gasteiger partial charge in [-0.2, -0.15) is 4.98 Å². The van der Waals surface area contributed by atoms with Crippen molar-refractivity contribution in [1.82, 2.24) is 20.1 Å². The second-order valence-corrected chi connectivity index (χ2v) is 8.01. The second kappa shape index (κ2) is 6.61. The molecule has 0 bridgehead atoms. The summed E-state index contributed by atoms with van der Waals surface area (Å²) in [6.07, 6.45) is 10.0. The van der Waals surface area contributed by atoms with Crippen LogP contribution in [0.15, 0.2) is 10.7 Å². The number of aryl methyl sites for hydroxylation is 2. The van der Waals surface area contributed by atoms with E-state index in [4.69, 9.17) is 4.52 Å². The van der Waals surface area contributed by atoms with E-state index in [1.807, 2.05) is 6.20 Å². The Morgan fingerprint density at radius 2 is 2.00 bits per heavy atom. The number of anilines is 1. The van der Waals surface area contributed by atoms with E-state index in [2.05, 4.69) is 25.4 Å². The van der Waals surface area contributed by atoms with Crippen molar-refractivity contribution in [3.8, 4) is 0 Å². The Hall–Kier alpha value is -2.02. The molecule has 2 aromatic heterocycles. The van der Waals surface area contributed by atoms with E-state index in [-0.39, 0.29) is 17.9 Å². The number of fused-ring (bicyclic) bond motifs is 1. The summed E-state index contributed by atoms with van der Waals surface area (Å²) in [5, 5.41) is 17.9. The van der Waals surface area contributed by atoms with E-state index in [0.29, 0.717) is 30.7 Å². The molecule has 0 radical (unpaired) electrons. The first-order chi connectivity index (χ1) is 12.8. The number of hydrogen-bond acceptors (Lipinski definition) is 7. The van der Waals surface area contributed by atoms with Gasteiger partial charge in [0.05, 0.1) is 6.10 Å². The minimum absolute atomic E-state index is 0.149. The normalized spacial score (nSPS) is 28.1. The van der Waals surface area contributed by atoms with Crippen LogP contribution in [-0.4, -0.2) is 37.9 Å². The molecule has 2 fully saturated rings. The van der Waals surface area contributed by atoms with E-state index in [0.717, 1.165) is 25.1 Å². The summed E-state index contributed by atoms with van der Waals surface area (Å²) in [7, 11) is 0. The molecule has 0 aliphatic heterocycles.